The van der Waals surface area contributed by atoms with Gasteiger partial charge in [-0.2, -0.15) is 0 Å². The zero-order valence-corrected chi connectivity index (χ0v) is 13.8. The Labute approximate surface area is 141 Å². The summed E-state index contributed by atoms with van der Waals surface area (Å²) < 4.78 is 0. The van der Waals surface area contributed by atoms with Crippen molar-refractivity contribution in [3.8, 4) is 5.75 Å². The van der Waals surface area contributed by atoms with E-state index < -0.39 is 6.09 Å². The van der Waals surface area contributed by atoms with Crippen molar-refractivity contribution >= 4 is 22.6 Å². The number of benzene rings is 2. The first-order valence-corrected chi connectivity index (χ1v) is 8.38. The Balaban J connectivity index is 1.69. The van der Waals surface area contributed by atoms with E-state index in [0.717, 1.165) is 36.5 Å². The molecule has 0 aliphatic heterocycles. The highest BCUT2D eigenvalue weighted by Crippen LogP contribution is 2.29. The van der Waals surface area contributed by atoms with Gasteiger partial charge in [-0.25, -0.2) is 4.79 Å². The topological polar surface area (TPSA) is 70.9 Å². The van der Waals surface area contributed by atoms with E-state index in [1.54, 1.807) is 13.0 Å². The number of phenolic OH excluding ortho intramolecular Hbond substituents is 1. The smallest absolute Gasteiger partial charge is 0.433 e. The van der Waals surface area contributed by atoms with Crippen molar-refractivity contribution in [1.29, 1.82) is 0 Å². The molecule has 3 rings (SSSR count). The Bertz CT molecular complexity index is 764. The molecule has 0 atom stereocenters. The van der Waals surface area contributed by atoms with Gasteiger partial charge in [0.1, 0.15) is 5.75 Å². The Morgan fingerprint density at radius 1 is 1.17 bits per heavy atom. The summed E-state index contributed by atoms with van der Waals surface area (Å²) >= 11 is 0. The van der Waals surface area contributed by atoms with Crippen LogP contribution in [0.4, 0.5) is 4.79 Å². The van der Waals surface area contributed by atoms with Crippen molar-refractivity contribution in [3.05, 3.63) is 42.0 Å². The Hall–Kier alpha value is -2.56. The molecule has 1 saturated carbocycles. The number of amides is 1. The number of carbonyl (C=O) groups excluding carboxylic acids is 1. The molecule has 0 spiro atoms. The minimum atomic E-state index is -0.540. The van der Waals surface area contributed by atoms with E-state index in [2.05, 4.69) is 10.5 Å². The maximum absolute atomic E-state index is 11.8. The van der Waals surface area contributed by atoms with Crippen LogP contribution in [0.15, 0.2) is 41.6 Å². The molecular formula is C19H22N2O3. The first-order valence-electron chi connectivity index (χ1n) is 8.38. The number of oxime groups is 1. The van der Waals surface area contributed by atoms with Crippen LogP contribution in [0.1, 0.15) is 44.6 Å². The van der Waals surface area contributed by atoms with Crippen LogP contribution in [0, 0.1) is 0 Å². The normalized spacial score (nSPS) is 16.1. The fourth-order valence-electron chi connectivity index (χ4n) is 3.15. The first kappa shape index (κ1) is 16.3. The summed E-state index contributed by atoms with van der Waals surface area (Å²) in [5.41, 5.74) is 1.01. The number of phenols is 1. The number of nitrogens with zero attached hydrogens (tertiary/aromatic N) is 1. The highest BCUT2D eigenvalue weighted by molar-refractivity contribution is 6.06. The number of rotatable bonds is 3. The minimum absolute atomic E-state index is 0.144. The molecule has 2 N–H and O–H groups in total. The number of fused-ring (bicyclic) bond motifs is 1. The number of hydrogen-bond acceptors (Lipinski definition) is 4. The van der Waals surface area contributed by atoms with Crippen LogP contribution in [-0.4, -0.2) is 23.0 Å². The van der Waals surface area contributed by atoms with Gasteiger partial charge in [-0.15, -0.1) is 0 Å². The fourth-order valence-corrected chi connectivity index (χ4v) is 3.15. The minimum Gasteiger partial charge on any atom is -0.507 e. The summed E-state index contributed by atoms with van der Waals surface area (Å²) in [5, 5.41) is 18.8. The summed E-state index contributed by atoms with van der Waals surface area (Å²) in [6.07, 6.45) is 4.94. The second kappa shape index (κ2) is 7.34. The van der Waals surface area contributed by atoms with Crippen LogP contribution in [0.5, 0.6) is 5.75 Å². The lowest BCUT2D eigenvalue weighted by atomic mass is 9.96. The summed E-state index contributed by atoms with van der Waals surface area (Å²) in [6.45, 7) is 1.71. The Morgan fingerprint density at radius 2 is 1.92 bits per heavy atom. The monoisotopic (exact) mass is 326 g/mol. The summed E-state index contributed by atoms with van der Waals surface area (Å²) in [7, 11) is 0. The van der Waals surface area contributed by atoms with Gasteiger partial charge in [0.2, 0.25) is 0 Å². The van der Waals surface area contributed by atoms with Crippen LogP contribution in [0.25, 0.3) is 10.8 Å². The van der Waals surface area contributed by atoms with Crippen LogP contribution in [0.2, 0.25) is 0 Å². The van der Waals surface area contributed by atoms with Gasteiger partial charge in [0.25, 0.3) is 0 Å². The quantitative estimate of drug-likeness (QED) is 0.501. The van der Waals surface area contributed by atoms with Crippen LogP contribution >= 0.6 is 0 Å². The second-order valence-corrected chi connectivity index (χ2v) is 6.22. The van der Waals surface area contributed by atoms with Crippen molar-refractivity contribution in [2.75, 3.05) is 0 Å². The van der Waals surface area contributed by atoms with Gasteiger partial charge in [0.15, 0.2) is 0 Å². The molecule has 2 aromatic rings. The molecular weight excluding hydrogens is 304 g/mol. The summed E-state index contributed by atoms with van der Waals surface area (Å²) in [5.74, 6) is 0.144. The zero-order chi connectivity index (χ0) is 16.9. The molecule has 126 valence electrons. The average molecular weight is 326 g/mol. The predicted molar refractivity (Wildman–Crippen MR) is 94.3 cm³/mol. The van der Waals surface area contributed by atoms with E-state index >= 15 is 0 Å². The molecule has 0 aromatic heterocycles. The third-order valence-corrected chi connectivity index (χ3v) is 4.48. The standard InChI is InChI=1S/C19H22N2O3/c1-13(21-24-19(23)20-15-8-3-2-4-9-15)16-12-11-14-7-5-6-10-17(14)18(16)22/h5-7,10-12,15,22H,2-4,8-9H2,1H3,(H,20,23). The van der Waals surface area contributed by atoms with Gasteiger partial charge in [-0.3, -0.25) is 4.84 Å². The van der Waals surface area contributed by atoms with E-state index in [1.165, 1.54) is 6.42 Å². The van der Waals surface area contributed by atoms with Crippen LogP contribution in [0.3, 0.4) is 0 Å². The maximum Gasteiger partial charge on any atom is 0.433 e. The lowest BCUT2D eigenvalue weighted by Gasteiger charge is -2.21. The zero-order valence-electron chi connectivity index (χ0n) is 13.8. The average Bonchev–Trinajstić information content (AvgIpc) is 2.61. The number of hydrogen-bond donors (Lipinski definition) is 2. The molecule has 1 fully saturated rings. The molecule has 0 saturated heterocycles. The Morgan fingerprint density at radius 3 is 2.71 bits per heavy atom. The highest BCUT2D eigenvalue weighted by Gasteiger charge is 2.16. The SMILES string of the molecule is CC(=NOC(=O)NC1CCCCC1)c1ccc2ccccc2c1O. The largest absolute Gasteiger partial charge is 0.507 e. The molecule has 0 bridgehead atoms. The van der Waals surface area contributed by atoms with Gasteiger partial charge in [-0.1, -0.05) is 54.8 Å². The molecule has 1 aliphatic carbocycles. The van der Waals surface area contributed by atoms with E-state index in [1.807, 2.05) is 30.3 Å². The molecule has 0 unspecified atom stereocenters. The fraction of sp³-hybridized carbons (Fsp3) is 0.368. The van der Waals surface area contributed by atoms with Crippen LogP contribution in [-0.2, 0) is 4.84 Å². The third-order valence-electron chi connectivity index (χ3n) is 4.48. The first-order chi connectivity index (χ1) is 11.6. The highest BCUT2D eigenvalue weighted by atomic mass is 16.7. The molecule has 24 heavy (non-hydrogen) atoms. The Kier molecular flexibility index (Phi) is 4.99. The second-order valence-electron chi connectivity index (χ2n) is 6.22. The molecule has 5 heteroatoms. The van der Waals surface area contributed by atoms with Crippen molar-refractivity contribution in [2.24, 2.45) is 5.16 Å². The van der Waals surface area contributed by atoms with Crippen molar-refractivity contribution in [3.63, 3.8) is 0 Å². The van der Waals surface area contributed by atoms with Gasteiger partial charge >= 0.3 is 6.09 Å². The summed E-state index contributed by atoms with van der Waals surface area (Å²) in [6, 6.07) is 11.4. The maximum atomic E-state index is 11.8. The van der Waals surface area contributed by atoms with E-state index in [0.29, 0.717) is 11.3 Å². The number of aromatic hydroxyl groups is 1. The van der Waals surface area contributed by atoms with Crippen molar-refractivity contribution in [1.82, 2.24) is 5.32 Å². The molecule has 0 radical (unpaired) electrons. The van der Waals surface area contributed by atoms with E-state index in [-0.39, 0.29) is 11.8 Å². The van der Waals surface area contributed by atoms with E-state index in [9.17, 15) is 9.90 Å². The molecule has 1 aliphatic rings. The van der Waals surface area contributed by atoms with Crippen molar-refractivity contribution in [2.45, 2.75) is 45.1 Å². The third kappa shape index (κ3) is 3.67. The van der Waals surface area contributed by atoms with Gasteiger partial charge in [-0.05, 0) is 31.2 Å². The van der Waals surface area contributed by atoms with Crippen LogP contribution < -0.4 is 5.32 Å². The van der Waals surface area contributed by atoms with Gasteiger partial charge in [0, 0.05) is 17.0 Å². The lowest BCUT2D eigenvalue weighted by molar-refractivity contribution is 0.143. The van der Waals surface area contributed by atoms with Crippen molar-refractivity contribution < 1.29 is 14.7 Å². The molecule has 2 aromatic carbocycles. The van der Waals surface area contributed by atoms with E-state index in [4.69, 9.17) is 4.84 Å². The van der Waals surface area contributed by atoms with Gasteiger partial charge in [0.05, 0.1) is 5.71 Å². The molecule has 5 nitrogen and oxygen atoms in total. The predicted octanol–water partition coefficient (Wildman–Crippen LogP) is 4.33. The molecule has 0 heterocycles. The number of nitrogens with one attached hydrogen (secondary N) is 1. The lowest BCUT2D eigenvalue weighted by Crippen LogP contribution is -2.35. The molecule has 1 amide bonds. The van der Waals surface area contributed by atoms with Gasteiger partial charge < -0.3 is 10.4 Å². The summed E-state index contributed by atoms with van der Waals surface area (Å²) in [4.78, 5) is 16.8. The number of carbonyl (C=O) groups is 1.